The monoisotopic (exact) mass is 270 g/mol. The Hall–Kier alpha value is -0.610. The average molecular weight is 270 g/mol. The van der Waals surface area contributed by atoms with Crippen molar-refractivity contribution >= 4 is 5.91 Å². The molecule has 112 valence electrons. The van der Waals surface area contributed by atoms with Crippen LogP contribution in [0.1, 0.15) is 59.3 Å². The Labute approximate surface area is 117 Å². The number of nitrogens with one attached hydrogen (secondary N) is 1. The van der Waals surface area contributed by atoms with Gasteiger partial charge in [0.15, 0.2) is 0 Å². The van der Waals surface area contributed by atoms with Crippen molar-refractivity contribution in [1.29, 1.82) is 0 Å². The van der Waals surface area contributed by atoms with Crippen molar-refractivity contribution in [3.05, 3.63) is 0 Å². The molecular weight excluding hydrogens is 240 g/mol. The van der Waals surface area contributed by atoms with Gasteiger partial charge in [-0.2, -0.15) is 0 Å². The molecule has 0 saturated carbocycles. The maximum Gasteiger partial charge on any atom is 0.241 e. The molecule has 0 aromatic rings. The van der Waals surface area contributed by atoms with Crippen LogP contribution in [-0.4, -0.2) is 42.8 Å². The van der Waals surface area contributed by atoms with Crippen LogP contribution in [0.4, 0.5) is 0 Å². The summed E-state index contributed by atoms with van der Waals surface area (Å²) in [5.41, 5.74) is 0. The Kier molecular flexibility index (Phi) is 8.07. The number of unbranched alkanes of at least 4 members (excludes halogenated alkanes) is 1. The molecule has 0 radical (unpaired) electrons. The van der Waals surface area contributed by atoms with Crippen LogP contribution in [0.15, 0.2) is 0 Å². The van der Waals surface area contributed by atoms with E-state index in [1.165, 1.54) is 0 Å². The van der Waals surface area contributed by atoms with Crippen molar-refractivity contribution in [1.82, 2.24) is 10.2 Å². The van der Waals surface area contributed by atoms with Crippen LogP contribution < -0.4 is 5.32 Å². The van der Waals surface area contributed by atoms with Crippen LogP contribution in [0.3, 0.4) is 0 Å². The largest absolute Gasteiger partial charge is 0.381 e. The first-order valence-corrected chi connectivity index (χ1v) is 7.88. The lowest BCUT2D eigenvalue weighted by molar-refractivity contribution is -0.130. The highest BCUT2D eigenvalue weighted by atomic mass is 16.5. The van der Waals surface area contributed by atoms with Crippen molar-refractivity contribution in [2.75, 3.05) is 19.8 Å². The molecule has 2 unspecified atom stereocenters. The van der Waals surface area contributed by atoms with Crippen LogP contribution in [-0.2, 0) is 9.53 Å². The van der Waals surface area contributed by atoms with Gasteiger partial charge in [-0.15, -0.1) is 0 Å². The van der Waals surface area contributed by atoms with Crippen molar-refractivity contribution in [3.63, 3.8) is 0 Å². The third kappa shape index (κ3) is 5.11. The molecule has 0 aromatic carbocycles. The fourth-order valence-electron chi connectivity index (χ4n) is 2.55. The summed E-state index contributed by atoms with van der Waals surface area (Å²) in [6.45, 7) is 8.81. The van der Waals surface area contributed by atoms with Gasteiger partial charge in [-0.1, -0.05) is 33.6 Å². The smallest absolute Gasteiger partial charge is 0.241 e. The van der Waals surface area contributed by atoms with E-state index in [0.29, 0.717) is 0 Å². The van der Waals surface area contributed by atoms with Crippen LogP contribution in [0, 0.1) is 0 Å². The number of hydrogen-bond acceptors (Lipinski definition) is 3. The molecule has 0 aromatic heterocycles. The van der Waals surface area contributed by atoms with Gasteiger partial charge < -0.3 is 9.64 Å². The number of amides is 1. The number of ether oxygens (including phenoxy) is 1. The lowest BCUT2D eigenvalue weighted by atomic mass is 10.1. The molecule has 1 heterocycles. The minimum atomic E-state index is 0.0430. The maximum absolute atomic E-state index is 12.3. The summed E-state index contributed by atoms with van der Waals surface area (Å²) in [7, 11) is 0. The first-order valence-electron chi connectivity index (χ1n) is 7.88. The average Bonchev–Trinajstić information content (AvgIpc) is 2.73. The molecule has 1 aliphatic rings. The van der Waals surface area contributed by atoms with Gasteiger partial charge in [0.2, 0.25) is 5.91 Å². The number of carbonyl (C=O) groups is 1. The predicted octanol–water partition coefficient (Wildman–Crippen LogP) is 2.53. The Bertz CT molecular complexity index is 259. The van der Waals surface area contributed by atoms with Gasteiger partial charge in [0.25, 0.3) is 0 Å². The summed E-state index contributed by atoms with van der Waals surface area (Å²) in [6, 6.07) is 0.0430. The van der Waals surface area contributed by atoms with Gasteiger partial charge in [0.05, 0.1) is 12.2 Å². The summed E-state index contributed by atoms with van der Waals surface area (Å²) in [4.78, 5) is 14.3. The van der Waals surface area contributed by atoms with E-state index in [-0.39, 0.29) is 18.1 Å². The van der Waals surface area contributed by atoms with Crippen LogP contribution >= 0.6 is 0 Å². The normalized spacial score (nSPS) is 23.3. The molecule has 1 fully saturated rings. The van der Waals surface area contributed by atoms with Gasteiger partial charge >= 0.3 is 0 Å². The fourth-order valence-corrected chi connectivity index (χ4v) is 2.55. The van der Waals surface area contributed by atoms with Crippen molar-refractivity contribution < 1.29 is 9.53 Å². The second-order valence-electron chi connectivity index (χ2n) is 5.28. The number of rotatable bonds is 10. The highest BCUT2D eigenvalue weighted by Gasteiger charge is 2.36. The Morgan fingerprint density at radius 2 is 1.95 bits per heavy atom. The minimum absolute atomic E-state index is 0.0430. The molecule has 0 aliphatic carbocycles. The van der Waals surface area contributed by atoms with Crippen molar-refractivity contribution in [2.24, 2.45) is 0 Å². The molecule has 1 aliphatic heterocycles. The van der Waals surface area contributed by atoms with Gasteiger partial charge in [-0.3, -0.25) is 10.1 Å². The Morgan fingerprint density at radius 3 is 2.58 bits per heavy atom. The third-order valence-corrected chi connectivity index (χ3v) is 3.62. The Morgan fingerprint density at radius 1 is 1.16 bits per heavy atom. The molecule has 4 heteroatoms. The molecule has 1 rings (SSSR count). The SMILES string of the molecule is CCCCC1NC(CC)N(CCCOCCC)C1=O. The molecule has 2 atom stereocenters. The van der Waals surface area contributed by atoms with Crippen LogP contribution in [0.5, 0.6) is 0 Å². The van der Waals surface area contributed by atoms with E-state index >= 15 is 0 Å². The first kappa shape index (κ1) is 16.4. The van der Waals surface area contributed by atoms with Gasteiger partial charge in [0, 0.05) is 19.8 Å². The molecule has 1 N–H and O–H groups in total. The molecule has 0 spiro atoms. The minimum Gasteiger partial charge on any atom is -0.381 e. The zero-order valence-electron chi connectivity index (χ0n) is 12.8. The zero-order valence-corrected chi connectivity index (χ0v) is 12.8. The molecule has 4 nitrogen and oxygen atoms in total. The zero-order chi connectivity index (χ0) is 14.1. The summed E-state index contributed by atoms with van der Waals surface area (Å²) in [5, 5.41) is 3.46. The van der Waals surface area contributed by atoms with E-state index in [4.69, 9.17) is 4.74 Å². The standard InChI is InChI=1S/C15H30N2O2/c1-4-7-9-13-15(18)17(14(6-3)16-13)10-8-12-19-11-5-2/h13-14,16H,4-12H2,1-3H3. The molecule has 1 amide bonds. The first-order chi connectivity index (χ1) is 9.24. The third-order valence-electron chi connectivity index (χ3n) is 3.62. The second-order valence-corrected chi connectivity index (χ2v) is 5.28. The molecular formula is C15H30N2O2. The van der Waals surface area contributed by atoms with Crippen molar-refractivity contribution in [2.45, 2.75) is 71.5 Å². The van der Waals surface area contributed by atoms with Gasteiger partial charge in [0.1, 0.15) is 0 Å². The summed E-state index contributed by atoms with van der Waals surface area (Å²) >= 11 is 0. The summed E-state index contributed by atoms with van der Waals surface area (Å²) in [6.07, 6.45) is 6.42. The highest BCUT2D eigenvalue weighted by Crippen LogP contribution is 2.17. The summed E-state index contributed by atoms with van der Waals surface area (Å²) < 4.78 is 5.48. The van der Waals surface area contributed by atoms with E-state index in [0.717, 1.165) is 58.3 Å². The van der Waals surface area contributed by atoms with Crippen LogP contribution in [0.2, 0.25) is 0 Å². The predicted molar refractivity (Wildman–Crippen MR) is 78.0 cm³/mol. The van der Waals surface area contributed by atoms with E-state index in [1.807, 2.05) is 4.90 Å². The van der Waals surface area contributed by atoms with E-state index < -0.39 is 0 Å². The van der Waals surface area contributed by atoms with Crippen LogP contribution in [0.25, 0.3) is 0 Å². The maximum atomic E-state index is 12.3. The van der Waals surface area contributed by atoms with E-state index in [2.05, 4.69) is 26.1 Å². The topological polar surface area (TPSA) is 41.6 Å². The molecule has 19 heavy (non-hydrogen) atoms. The van der Waals surface area contributed by atoms with Crippen molar-refractivity contribution in [3.8, 4) is 0 Å². The highest BCUT2D eigenvalue weighted by molar-refractivity contribution is 5.84. The van der Waals surface area contributed by atoms with E-state index in [1.54, 1.807) is 0 Å². The second kappa shape index (κ2) is 9.32. The van der Waals surface area contributed by atoms with Gasteiger partial charge in [-0.05, 0) is 25.7 Å². The molecule has 0 bridgehead atoms. The van der Waals surface area contributed by atoms with Gasteiger partial charge in [-0.25, -0.2) is 0 Å². The number of nitrogens with zero attached hydrogens (tertiary/aromatic N) is 1. The lowest BCUT2D eigenvalue weighted by Crippen LogP contribution is -2.37. The molecule has 1 saturated heterocycles. The number of carbonyl (C=O) groups excluding carboxylic acids is 1. The quantitative estimate of drug-likeness (QED) is 0.620. The number of hydrogen-bond donors (Lipinski definition) is 1. The lowest BCUT2D eigenvalue weighted by Gasteiger charge is -2.22. The Balaban J connectivity index is 2.35. The summed E-state index contributed by atoms with van der Waals surface area (Å²) in [5.74, 6) is 0.288. The van der Waals surface area contributed by atoms with E-state index in [9.17, 15) is 4.79 Å². The fraction of sp³-hybridized carbons (Fsp3) is 0.933.